The van der Waals surface area contributed by atoms with E-state index in [2.05, 4.69) is 5.32 Å². The first-order chi connectivity index (χ1) is 9.71. The van der Waals surface area contributed by atoms with Crippen molar-refractivity contribution in [2.45, 2.75) is 52.2 Å². The maximum atomic E-state index is 12.1. The zero-order valence-corrected chi connectivity index (χ0v) is 13.9. The van der Waals surface area contributed by atoms with Crippen molar-refractivity contribution in [3.8, 4) is 0 Å². The van der Waals surface area contributed by atoms with Crippen molar-refractivity contribution in [1.82, 2.24) is 10.4 Å². The Balaban J connectivity index is 4.57. The molecule has 0 saturated carbocycles. The Bertz CT molecular complexity index is 328. The summed E-state index contributed by atoms with van der Waals surface area (Å²) >= 11 is 0. The Labute approximate surface area is 126 Å². The molecule has 0 saturated heterocycles. The van der Waals surface area contributed by atoms with Gasteiger partial charge in [-0.25, -0.2) is 9.86 Å². The zero-order chi connectivity index (χ0) is 16.5. The van der Waals surface area contributed by atoms with Gasteiger partial charge in [-0.15, -0.1) is 0 Å². The van der Waals surface area contributed by atoms with E-state index in [1.54, 1.807) is 20.8 Å². The number of hydrogen-bond donors (Lipinski definition) is 1. The van der Waals surface area contributed by atoms with Crippen LogP contribution in [0.3, 0.4) is 0 Å². The zero-order valence-electron chi connectivity index (χ0n) is 13.9. The van der Waals surface area contributed by atoms with Crippen molar-refractivity contribution >= 4 is 12.0 Å². The molecule has 0 spiro atoms. The first-order valence-corrected chi connectivity index (χ1v) is 7.10. The molecular formula is C14H28N2O5. The number of likely N-dealkylation sites (N-methyl/N-ethyl adjacent to an activating group) is 1. The highest BCUT2D eigenvalue weighted by Gasteiger charge is 2.27. The van der Waals surface area contributed by atoms with Crippen LogP contribution in [0.5, 0.6) is 0 Å². The van der Waals surface area contributed by atoms with Crippen LogP contribution in [-0.4, -0.2) is 56.1 Å². The lowest BCUT2D eigenvalue weighted by molar-refractivity contribution is -0.172. The van der Waals surface area contributed by atoms with E-state index < -0.39 is 23.6 Å². The Kier molecular flexibility index (Phi) is 8.96. The molecule has 2 amide bonds. The first kappa shape index (κ1) is 19.7. The first-order valence-electron chi connectivity index (χ1n) is 7.10. The Morgan fingerprint density at radius 2 is 1.90 bits per heavy atom. The molecule has 0 aromatic heterocycles. The fourth-order valence-electron chi connectivity index (χ4n) is 1.38. The highest BCUT2D eigenvalue weighted by atomic mass is 16.7. The highest BCUT2D eigenvalue weighted by Crippen LogP contribution is 2.07. The molecule has 0 aromatic carbocycles. The van der Waals surface area contributed by atoms with Gasteiger partial charge in [-0.1, -0.05) is 13.3 Å². The summed E-state index contributed by atoms with van der Waals surface area (Å²) in [5.74, 6) is -0.403. The summed E-state index contributed by atoms with van der Waals surface area (Å²) in [5.41, 5.74) is -0.631. The number of alkyl carbamates (subject to hydrolysis) is 1. The molecular weight excluding hydrogens is 276 g/mol. The quantitative estimate of drug-likeness (QED) is 0.546. The van der Waals surface area contributed by atoms with Gasteiger partial charge < -0.3 is 14.8 Å². The number of ether oxygens (including phenoxy) is 2. The highest BCUT2D eigenvalue weighted by molar-refractivity contribution is 5.85. The van der Waals surface area contributed by atoms with Crippen LogP contribution in [0.15, 0.2) is 0 Å². The maximum absolute atomic E-state index is 12.1. The van der Waals surface area contributed by atoms with Crippen molar-refractivity contribution in [3.05, 3.63) is 0 Å². The second-order valence-corrected chi connectivity index (χ2v) is 5.65. The van der Waals surface area contributed by atoms with Crippen LogP contribution >= 0.6 is 0 Å². The number of hydrogen-bond acceptors (Lipinski definition) is 5. The van der Waals surface area contributed by atoms with Crippen molar-refractivity contribution in [2.75, 3.05) is 27.4 Å². The van der Waals surface area contributed by atoms with Crippen molar-refractivity contribution in [3.63, 3.8) is 0 Å². The molecule has 21 heavy (non-hydrogen) atoms. The fraction of sp³-hybridized carbons (Fsp3) is 0.857. The van der Waals surface area contributed by atoms with Crippen molar-refractivity contribution in [2.24, 2.45) is 0 Å². The van der Waals surface area contributed by atoms with Crippen LogP contribution in [0.1, 0.15) is 40.5 Å². The minimum absolute atomic E-state index is 0.0752. The molecule has 0 aliphatic carbocycles. The molecule has 0 aliphatic rings. The number of rotatable bonds is 8. The summed E-state index contributed by atoms with van der Waals surface area (Å²) in [5, 5.41) is 3.55. The predicted molar refractivity (Wildman–Crippen MR) is 78.7 cm³/mol. The minimum Gasteiger partial charge on any atom is -0.444 e. The number of hydroxylamine groups is 2. The molecule has 0 rings (SSSR count). The lowest BCUT2D eigenvalue weighted by atomic mass is 10.2. The standard InChI is InChI=1S/C14H28N2O5/c1-7-8-9-20-10-11(12(17)16(5)19-6)15-13(18)21-14(2,3)4/h11H,7-10H2,1-6H3,(H,15,18)/t11-/m0/s1. The molecule has 1 atom stereocenters. The van der Waals surface area contributed by atoms with E-state index in [1.165, 1.54) is 14.2 Å². The molecule has 0 aromatic rings. The fourth-order valence-corrected chi connectivity index (χ4v) is 1.38. The summed E-state index contributed by atoms with van der Waals surface area (Å²) in [7, 11) is 2.85. The van der Waals surface area contributed by atoms with Crippen LogP contribution in [-0.2, 0) is 19.1 Å². The van der Waals surface area contributed by atoms with Crippen molar-refractivity contribution in [1.29, 1.82) is 0 Å². The van der Waals surface area contributed by atoms with Gasteiger partial charge in [0.05, 0.1) is 13.7 Å². The van der Waals surface area contributed by atoms with E-state index in [4.69, 9.17) is 14.3 Å². The lowest BCUT2D eigenvalue weighted by Crippen LogP contribution is -2.50. The predicted octanol–water partition coefficient (Wildman–Crippen LogP) is 1.72. The SMILES string of the molecule is CCCCOC[C@H](NC(=O)OC(C)(C)C)C(=O)N(C)OC. The average molecular weight is 304 g/mol. The molecule has 0 aliphatic heterocycles. The third-order valence-corrected chi connectivity index (χ3v) is 2.50. The molecule has 1 N–H and O–H groups in total. The summed E-state index contributed by atoms with van der Waals surface area (Å²) in [6.07, 6.45) is 1.23. The van der Waals surface area contributed by atoms with E-state index in [9.17, 15) is 9.59 Å². The molecule has 0 radical (unpaired) electrons. The number of nitrogens with one attached hydrogen (secondary N) is 1. The van der Waals surface area contributed by atoms with Gasteiger partial charge in [0.25, 0.3) is 5.91 Å². The van der Waals surface area contributed by atoms with Gasteiger partial charge in [-0.05, 0) is 27.2 Å². The van der Waals surface area contributed by atoms with Crippen LogP contribution < -0.4 is 5.32 Å². The maximum Gasteiger partial charge on any atom is 0.408 e. The Morgan fingerprint density at radius 1 is 1.29 bits per heavy atom. The molecule has 0 fully saturated rings. The van der Waals surface area contributed by atoms with Crippen LogP contribution in [0.25, 0.3) is 0 Å². The van der Waals surface area contributed by atoms with Gasteiger partial charge in [0.2, 0.25) is 0 Å². The molecule has 0 heterocycles. The smallest absolute Gasteiger partial charge is 0.408 e. The number of amides is 2. The molecule has 0 bridgehead atoms. The summed E-state index contributed by atoms with van der Waals surface area (Å²) in [6, 6.07) is -0.846. The van der Waals surface area contributed by atoms with Crippen molar-refractivity contribution < 1.29 is 23.9 Å². The van der Waals surface area contributed by atoms with E-state index in [0.29, 0.717) is 6.61 Å². The van der Waals surface area contributed by atoms with E-state index in [-0.39, 0.29) is 6.61 Å². The van der Waals surface area contributed by atoms with Gasteiger partial charge in [-0.3, -0.25) is 9.63 Å². The van der Waals surface area contributed by atoms with Gasteiger partial charge >= 0.3 is 6.09 Å². The van der Waals surface area contributed by atoms with E-state index in [1.807, 2.05) is 6.92 Å². The average Bonchev–Trinajstić information content (AvgIpc) is 2.38. The third kappa shape index (κ3) is 9.25. The molecule has 7 nitrogen and oxygen atoms in total. The summed E-state index contributed by atoms with van der Waals surface area (Å²) < 4.78 is 10.6. The van der Waals surface area contributed by atoms with E-state index >= 15 is 0 Å². The van der Waals surface area contributed by atoms with Crippen LogP contribution in [0, 0.1) is 0 Å². The van der Waals surface area contributed by atoms with Gasteiger partial charge in [0.15, 0.2) is 0 Å². The van der Waals surface area contributed by atoms with Crippen LogP contribution in [0.2, 0.25) is 0 Å². The lowest BCUT2D eigenvalue weighted by Gasteiger charge is -2.25. The third-order valence-electron chi connectivity index (χ3n) is 2.50. The summed E-state index contributed by atoms with van der Waals surface area (Å²) in [4.78, 5) is 28.7. The molecule has 0 unspecified atom stereocenters. The van der Waals surface area contributed by atoms with Gasteiger partial charge in [0.1, 0.15) is 11.6 Å². The normalized spacial score (nSPS) is 12.7. The van der Waals surface area contributed by atoms with Gasteiger partial charge in [0, 0.05) is 13.7 Å². The minimum atomic E-state index is -0.846. The second kappa shape index (κ2) is 9.57. The topological polar surface area (TPSA) is 77.1 Å². The molecule has 7 heteroatoms. The second-order valence-electron chi connectivity index (χ2n) is 5.65. The van der Waals surface area contributed by atoms with Crippen LogP contribution in [0.4, 0.5) is 4.79 Å². The molecule has 124 valence electrons. The number of carbonyl (C=O) groups excluding carboxylic acids is 2. The Hall–Kier alpha value is -1.34. The largest absolute Gasteiger partial charge is 0.444 e. The van der Waals surface area contributed by atoms with Gasteiger partial charge in [-0.2, -0.15) is 0 Å². The van der Waals surface area contributed by atoms with E-state index in [0.717, 1.165) is 17.9 Å². The monoisotopic (exact) mass is 304 g/mol. The summed E-state index contributed by atoms with van der Waals surface area (Å²) in [6.45, 7) is 7.91. The Morgan fingerprint density at radius 3 is 2.38 bits per heavy atom. The number of carbonyl (C=O) groups is 2. The number of nitrogens with zero attached hydrogens (tertiary/aromatic N) is 1. The number of unbranched alkanes of at least 4 members (excludes halogenated alkanes) is 1.